The number of benzene rings is 5. The molecule has 0 aliphatic rings. The average molecular weight is 594 g/mol. The Kier molecular flexibility index (Phi) is 7.81. The van der Waals surface area contributed by atoms with Crippen molar-refractivity contribution >= 4 is 5.69 Å². The number of nitro groups is 1. The molecule has 6 rings (SSSR count). The molecule has 224 valence electrons. The number of rotatable bonds is 7. The van der Waals surface area contributed by atoms with Crippen LogP contribution in [0.2, 0.25) is 0 Å². The summed E-state index contributed by atoms with van der Waals surface area (Å²) in [6.07, 6.45) is 5.35. The number of hydrogen-bond acceptors (Lipinski definition) is 4. The van der Waals surface area contributed by atoms with E-state index in [-0.39, 0.29) is 10.6 Å². The number of nitrogens with zero attached hydrogens (tertiary/aromatic N) is 3. The molecule has 0 saturated carbocycles. The molecule has 6 aromatic rings. The van der Waals surface area contributed by atoms with Crippen LogP contribution in [0, 0.1) is 51.7 Å². The van der Waals surface area contributed by atoms with Gasteiger partial charge in [0.15, 0.2) is 0 Å². The third-order valence-corrected chi connectivity index (χ3v) is 8.20. The van der Waals surface area contributed by atoms with E-state index in [0.29, 0.717) is 17.1 Å². The van der Waals surface area contributed by atoms with Crippen molar-refractivity contribution in [3.63, 3.8) is 0 Å². The standard InChI is InChI=1S/C39H35N3O3/c1-24-14-26(3)38(27(4)15-24)31-9-7-8-30(18-31)36-11-10-34(22-37(36)42(43)44)45-35-20-32(19-33(21-35)41-13-12-40-23-41)39-28(5)16-25(2)17-29(39)6/h7-23H,1-6H3. The topological polar surface area (TPSA) is 70.2 Å². The van der Waals surface area contributed by atoms with Gasteiger partial charge in [0.05, 0.1) is 28.6 Å². The molecule has 0 N–H and O–H groups in total. The van der Waals surface area contributed by atoms with Gasteiger partial charge in [0.1, 0.15) is 11.5 Å². The van der Waals surface area contributed by atoms with Crippen LogP contribution >= 0.6 is 0 Å². The van der Waals surface area contributed by atoms with Crippen LogP contribution in [0.5, 0.6) is 11.5 Å². The highest BCUT2D eigenvalue weighted by atomic mass is 16.6. The summed E-state index contributed by atoms with van der Waals surface area (Å²) >= 11 is 0. The SMILES string of the molecule is Cc1cc(C)c(-c2cccc(-c3ccc(Oc4cc(-c5c(C)cc(C)cc5C)cc(-n5ccnc5)c4)cc3[N+](=O)[O-])c2)c(C)c1. The Morgan fingerprint density at radius 1 is 0.667 bits per heavy atom. The molecule has 0 aliphatic carbocycles. The van der Waals surface area contributed by atoms with Crippen molar-refractivity contribution in [3.05, 3.63) is 147 Å². The minimum atomic E-state index is -0.344. The van der Waals surface area contributed by atoms with Gasteiger partial charge in [-0.1, -0.05) is 53.6 Å². The monoisotopic (exact) mass is 593 g/mol. The fourth-order valence-electron chi connectivity index (χ4n) is 6.57. The van der Waals surface area contributed by atoms with Crippen LogP contribution in [-0.4, -0.2) is 14.5 Å². The largest absolute Gasteiger partial charge is 0.457 e. The molecule has 1 heterocycles. The molecule has 6 heteroatoms. The average Bonchev–Trinajstić information content (AvgIpc) is 3.52. The van der Waals surface area contributed by atoms with Crippen molar-refractivity contribution in [2.75, 3.05) is 0 Å². The van der Waals surface area contributed by atoms with Crippen molar-refractivity contribution < 1.29 is 9.66 Å². The Labute approximate surface area is 263 Å². The summed E-state index contributed by atoms with van der Waals surface area (Å²) in [6.45, 7) is 12.6. The number of nitro benzene ring substituents is 1. The molecule has 45 heavy (non-hydrogen) atoms. The molecule has 0 amide bonds. The summed E-state index contributed by atoms with van der Waals surface area (Å²) in [6, 6.07) is 27.7. The van der Waals surface area contributed by atoms with Gasteiger partial charge in [0.25, 0.3) is 5.69 Å². The molecule has 0 fully saturated rings. The Balaban J connectivity index is 1.41. The van der Waals surface area contributed by atoms with E-state index in [4.69, 9.17) is 4.74 Å². The first-order valence-corrected chi connectivity index (χ1v) is 14.9. The third kappa shape index (κ3) is 6.00. The summed E-state index contributed by atoms with van der Waals surface area (Å²) in [7, 11) is 0. The first kappa shape index (κ1) is 29.6. The number of hydrogen-bond donors (Lipinski definition) is 0. The van der Waals surface area contributed by atoms with E-state index in [0.717, 1.165) is 33.5 Å². The van der Waals surface area contributed by atoms with Gasteiger partial charge in [-0.3, -0.25) is 10.1 Å². The van der Waals surface area contributed by atoms with Gasteiger partial charge in [0.2, 0.25) is 0 Å². The van der Waals surface area contributed by atoms with Gasteiger partial charge in [0, 0.05) is 18.5 Å². The van der Waals surface area contributed by atoms with Gasteiger partial charge >= 0.3 is 0 Å². The molecule has 0 atom stereocenters. The van der Waals surface area contributed by atoms with Crippen molar-refractivity contribution in [3.8, 4) is 50.6 Å². The molecule has 0 spiro atoms. The Bertz CT molecular complexity index is 2030. The zero-order valence-electron chi connectivity index (χ0n) is 26.4. The normalized spacial score (nSPS) is 11.1. The van der Waals surface area contributed by atoms with Gasteiger partial charge in [-0.25, -0.2) is 4.98 Å². The number of imidazole rings is 1. The second kappa shape index (κ2) is 11.9. The highest BCUT2D eigenvalue weighted by Gasteiger charge is 2.19. The maximum Gasteiger partial charge on any atom is 0.280 e. The summed E-state index contributed by atoms with van der Waals surface area (Å²) < 4.78 is 8.28. The van der Waals surface area contributed by atoms with E-state index < -0.39 is 0 Å². The van der Waals surface area contributed by atoms with Gasteiger partial charge < -0.3 is 9.30 Å². The molecule has 0 radical (unpaired) electrons. The smallest absolute Gasteiger partial charge is 0.280 e. The zero-order valence-corrected chi connectivity index (χ0v) is 26.4. The lowest BCUT2D eigenvalue weighted by Gasteiger charge is -2.16. The molecule has 0 aliphatic heterocycles. The number of aromatic nitrogens is 2. The molecule has 5 aromatic carbocycles. The second-order valence-electron chi connectivity index (χ2n) is 11.9. The fraction of sp³-hybridized carbons (Fsp3) is 0.154. The highest BCUT2D eigenvalue weighted by Crippen LogP contribution is 2.39. The highest BCUT2D eigenvalue weighted by molar-refractivity contribution is 5.81. The summed E-state index contributed by atoms with van der Waals surface area (Å²) in [5.41, 5.74) is 13.6. The van der Waals surface area contributed by atoms with E-state index >= 15 is 0 Å². The third-order valence-electron chi connectivity index (χ3n) is 8.20. The van der Waals surface area contributed by atoms with Crippen molar-refractivity contribution in [1.29, 1.82) is 0 Å². The predicted molar refractivity (Wildman–Crippen MR) is 181 cm³/mol. The molecule has 6 nitrogen and oxygen atoms in total. The minimum Gasteiger partial charge on any atom is -0.457 e. The Morgan fingerprint density at radius 2 is 1.29 bits per heavy atom. The maximum absolute atomic E-state index is 12.4. The molecular formula is C39H35N3O3. The summed E-state index contributed by atoms with van der Waals surface area (Å²) in [5, 5.41) is 12.4. The van der Waals surface area contributed by atoms with Crippen LogP contribution in [0.1, 0.15) is 33.4 Å². The first-order valence-electron chi connectivity index (χ1n) is 14.9. The summed E-state index contributed by atoms with van der Waals surface area (Å²) in [4.78, 5) is 16.3. The lowest BCUT2D eigenvalue weighted by atomic mass is 9.91. The van der Waals surface area contributed by atoms with Gasteiger partial charge in [-0.2, -0.15) is 0 Å². The van der Waals surface area contributed by atoms with Crippen molar-refractivity contribution in [2.24, 2.45) is 0 Å². The Hall–Kier alpha value is -5.49. The molecule has 0 bridgehead atoms. The van der Waals surface area contributed by atoms with Crippen LogP contribution in [0.25, 0.3) is 39.1 Å². The van der Waals surface area contributed by atoms with Crippen LogP contribution in [0.4, 0.5) is 5.69 Å². The zero-order chi connectivity index (χ0) is 31.8. The molecule has 0 saturated heterocycles. The van der Waals surface area contributed by atoms with E-state index in [1.165, 1.54) is 39.4 Å². The predicted octanol–water partition coefficient (Wildman–Crippen LogP) is 10.4. The quantitative estimate of drug-likeness (QED) is 0.136. The lowest BCUT2D eigenvalue weighted by Crippen LogP contribution is -1.97. The van der Waals surface area contributed by atoms with Crippen LogP contribution in [0.3, 0.4) is 0 Å². The molecule has 0 unspecified atom stereocenters. The second-order valence-corrected chi connectivity index (χ2v) is 11.9. The number of ether oxygens (including phenoxy) is 1. The van der Waals surface area contributed by atoms with Crippen LogP contribution in [0.15, 0.2) is 104 Å². The minimum absolute atomic E-state index is 0.0155. The van der Waals surface area contributed by atoms with Crippen LogP contribution in [-0.2, 0) is 0 Å². The van der Waals surface area contributed by atoms with Crippen LogP contribution < -0.4 is 4.74 Å². The van der Waals surface area contributed by atoms with E-state index in [1.54, 1.807) is 24.7 Å². The first-order chi connectivity index (χ1) is 21.6. The fourth-order valence-corrected chi connectivity index (χ4v) is 6.57. The van der Waals surface area contributed by atoms with E-state index in [9.17, 15) is 10.1 Å². The van der Waals surface area contributed by atoms with E-state index in [1.807, 2.05) is 41.1 Å². The van der Waals surface area contributed by atoms with E-state index in [2.05, 4.69) is 82.9 Å². The van der Waals surface area contributed by atoms with Gasteiger partial charge in [-0.15, -0.1) is 0 Å². The Morgan fingerprint density at radius 3 is 1.89 bits per heavy atom. The van der Waals surface area contributed by atoms with Gasteiger partial charge in [-0.05, 0) is 122 Å². The maximum atomic E-state index is 12.4. The van der Waals surface area contributed by atoms with Crippen molar-refractivity contribution in [1.82, 2.24) is 9.55 Å². The van der Waals surface area contributed by atoms with Crippen molar-refractivity contribution in [2.45, 2.75) is 41.5 Å². The lowest BCUT2D eigenvalue weighted by molar-refractivity contribution is -0.384. The molecular weight excluding hydrogens is 558 g/mol. The molecule has 1 aromatic heterocycles. The summed E-state index contributed by atoms with van der Waals surface area (Å²) in [5.74, 6) is 0.961. The number of aryl methyl sites for hydroxylation is 6.